The number of hydrogen-bond acceptors (Lipinski definition) is 3. The van der Waals surface area contributed by atoms with E-state index in [-0.39, 0.29) is 11.7 Å². The van der Waals surface area contributed by atoms with E-state index in [9.17, 15) is 9.18 Å². The van der Waals surface area contributed by atoms with E-state index in [0.29, 0.717) is 18.5 Å². The first kappa shape index (κ1) is 21.5. The number of pyridine rings is 1. The standard InChI is InChI=1S/C28H23FN4O/c1-33-26(18-32-27(33)25-16-20-5-2-3-6-23(20)17-31-25)21-7-4-8-22(15-21)28(34)30-14-13-19-9-11-24(29)12-10-19/h2-12,15-18H,13-14H2,1H3,(H,30,34). The predicted molar refractivity (Wildman–Crippen MR) is 132 cm³/mol. The number of hydrogen-bond donors (Lipinski definition) is 1. The maximum absolute atomic E-state index is 13.0. The maximum Gasteiger partial charge on any atom is 0.251 e. The van der Waals surface area contributed by atoms with Crippen LogP contribution in [-0.2, 0) is 13.5 Å². The molecule has 2 heterocycles. The van der Waals surface area contributed by atoms with Crippen molar-refractivity contribution >= 4 is 16.7 Å². The van der Waals surface area contributed by atoms with E-state index in [1.54, 1.807) is 24.4 Å². The number of fused-ring (bicyclic) bond motifs is 1. The van der Waals surface area contributed by atoms with Gasteiger partial charge < -0.3 is 9.88 Å². The minimum absolute atomic E-state index is 0.150. The molecule has 0 spiro atoms. The van der Waals surface area contributed by atoms with Crippen molar-refractivity contribution in [3.05, 3.63) is 108 Å². The Morgan fingerprint density at radius 1 is 0.912 bits per heavy atom. The lowest BCUT2D eigenvalue weighted by atomic mass is 10.1. The molecule has 0 saturated heterocycles. The molecule has 2 aromatic heterocycles. The first-order chi connectivity index (χ1) is 16.6. The number of benzene rings is 3. The topological polar surface area (TPSA) is 59.8 Å². The zero-order chi connectivity index (χ0) is 23.5. The van der Waals surface area contributed by atoms with Crippen molar-refractivity contribution in [3.63, 3.8) is 0 Å². The Balaban J connectivity index is 1.33. The van der Waals surface area contributed by atoms with E-state index >= 15 is 0 Å². The van der Waals surface area contributed by atoms with E-state index in [1.807, 2.05) is 60.3 Å². The van der Waals surface area contributed by atoms with Gasteiger partial charge in [0.15, 0.2) is 5.82 Å². The minimum atomic E-state index is -0.265. The molecule has 0 bridgehead atoms. The lowest BCUT2D eigenvalue weighted by Crippen LogP contribution is -2.25. The molecule has 0 fully saturated rings. The second kappa shape index (κ2) is 9.27. The van der Waals surface area contributed by atoms with Crippen molar-refractivity contribution in [1.82, 2.24) is 19.9 Å². The number of aromatic nitrogens is 3. The molecule has 0 atom stereocenters. The molecule has 5 rings (SSSR count). The van der Waals surface area contributed by atoms with E-state index in [1.165, 1.54) is 12.1 Å². The van der Waals surface area contributed by atoms with E-state index in [0.717, 1.165) is 39.1 Å². The number of rotatable bonds is 6. The molecule has 168 valence electrons. The van der Waals surface area contributed by atoms with Crippen molar-refractivity contribution in [2.24, 2.45) is 7.05 Å². The normalized spacial score (nSPS) is 11.0. The number of amides is 1. The summed E-state index contributed by atoms with van der Waals surface area (Å²) >= 11 is 0. The maximum atomic E-state index is 13.0. The molecule has 5 aromatic rings. The Morgan fingerprint density at radius 3 is 2.53 bits per heavy atom. The van der Waals surface area contributed by atoms with Gasteiger partial charge in [-0.25, -0.2) is 9.37 Å². The monoisotopic (exact) mass is 450 g/mol. The van der Waals surface area contributed by atoms with Crippen molar-refractivity contribution in [3.8, 4) is 22.8 Å². The number of carbonyl (C=O) groups excluding carboxylic acids is 1. The first-order valence-electron chi connectivity index (χ1n) is 11.1. The molecule has 0 aliphatic heterocycles. The van der Waals surface area contributed by atoms with Gasteiger partial charge in [0.2, 0.25) is 0 Å². The van der Waals surface area contributed by atoms with Crippen LogP contribution in [0.1, 0.15) is 15.9 Å². The summed E-state index contributed by atoms with van der Waals surface area (Å²) in [4.78, 5) is 21.9. The molecule has 6 heteroatoms. The van der Waals surface area contributed by atoms with Crippen LogP contribution in [0.25, 0.3) is 33.5 Å². The predicted octanol–water partition coefficient (Wildman–Crippen LogP) is 5.41. The highest BCUT2D eigenvalue weighted by Gasteiger charge is 2.14. The summed E-state index contributed by atoms with van der Waals surface area (Å²) < 4.78 is 15.0. The van der Waals surface area contributed by atoms with E-state index < -0.39 is 0 Å². The molecule has 0 aliphatic carbocycles. The fraction of sp³-hybridized carbons (Fsp3) is 0.107. The average molecular weight is 451 g/mol. The van der Waals surface area contributed by atoms with Gasteiger partial charge in [-0.3, -0.25) is 9.78 Å². The Hall–Kier alpha value is -4.32. The van der Waals surface area contributed by atoms with Crippen molar-refractivity contribution in [2.45, 2.75) is 6.42 Å². The third kappa shape index (κ3) is 4.43. The molecule has 1 N–H and O–H groups in total. The molecule has 0 unspecified atom stereocenters. The first-order valence-corrected chi connectivity index (χ1v) is 11.1. The number of nitrogens with zero attached hydrogens (tertiary/aromatic N) is 3. The summed E-state index contributed by atoms with van der Waals surface area (Å²) in [6.07, 6.45) is 4.29. The number of carbonyl (C=O) groups is 1. The lowest BCUT2D eigenvalue weighted by Gasteiger charge is -2.09. The smallest absolute Gasteiger partial charge is 0.251 e. The third-order valence-corrected chi connectivity index (χ3v) is 5.88. The van der Waals surface area contributed by atoms with E-state index in [2.05, 4.69) is 21.4 Å². The van der Waals surface area contributed by atoms with Crippen LogP contribution in [0.2, 0.25) is 0 Å². The SMILES string of the molecule is Cn1c(-c2cccc(C(=O)NCCc3ccc(F)cc3)c2)cnc1-c1cc2ccccc2cn1. The fourth-order valence-corrected chi connectivity index (χ4v) is 4.01. The summed E-state index contributed by atoms with van der Waals surface area (Å²) in [7, 11) is 1.95. The molecular weight excluding hydrogens is 427 g/mol. The van der Waals surface area contributed by atoms with Gasteiger partial charge in [0.05, 0.1) is 11.9 Å². The highest BCUT2D eigenvalue weighted by atomic mass is 19.1. The van der Waals surface area contributed by atoms with E-state index in [4.69, 9.17) is 0 Å². The van der Waals surface area contributed by atoms with Crippen molar-refractivity contribution in [1.29, 1.82) is 0 Å². The summed E-state index contributed by atoms with van der Waals surface area (Å²) in [5.41, 5.74) is 4.13. The zero-order valence-corrected chi connectivity index (χ0v) is 18.7. The van der Waals surface area contributed by atoms with Crippen LogP contribution in [0.4, 0.5) is 4.39 Å². The molecule has 0 saturated carbocycles. The highest BCUT2D eigenvalue weighted by molar-refractivity contribution is 5.95. The number of imidazole rings is 1. The third-order valence-electron chi connectivity index (χ3n) is 5.88. The molecule has 5 nitrogen and oxygen atoms in total. The molecule has 3 aromatic carbocycles. The van der Waals surface area contributed by atoms with Gasteiger partial charge in [-0.2, -0.15) is 0 Å². The lowest BCUT2D eigenvalue weighted by molar-refractivity contribution is 0.0954. The van der Waals surface area contributed by atoms with Gasteiger partial charge in [-0.15, -0.1) is 0 Å². The van der Waals surface area contributed by atoms with Crippen LogP contribution in [0.15, 0.2) is 91.3 Å². The van der Waals surface area contributed by atoms with Crippen LogP contribution in [-0.4, -0.2) is 27.0 Å². The summed E-state index contributed by atoms with van der Waals surface area (Å²) in [6.45, 7) is 0.470. The average Bonchev–Trinajstić information content (AvgIpc) is 3.26. The molecule has 34 heavy (non-hydrogen) atoms. The van der Waals surface area contributed by atoms with Crippen LogP contribution in [0.5, 0.6) is 0 Å². The zero-order valence-electron chi connectivity index (χ0n) is 18.7. The van der Waals surface area contributed by atoms with Gasteiger partial charge in [0, 0.05) is 36.3 Å². The molecule has 0 aliphatic rings. The molecule has 1 amide bonds. The number of halogens is 1. The van der Waals surface area contributed by atoms with Crippen molar-refractivity contribution < 1.29 is 9.18 Å². The van der Waals surface area contributed by atoms with Gasteiger partial charge in [-0.05, 0) is 47.7 Å². The number of nitrogens with one attached hydrogen (secondary N) is 1. The van der Waals surface area contributed by atoms with Gasteiger partial charge >= 0.3 is 0 Å². The Kier molecular flexibility index (Phi) is 5.87. The highest BCUT2D eigenvalue weighted by Crippen LogP contribution is 2.27. The largest absolute Gasteiger partial charge is 0.352 e. The Labute approximate surface area is 196 Å². The molecule has 0 radical (unpaired) electrons. The van der Waals surface area contributed by atoms with Gasteiger partial charge in [-0.1, -0.05) is 48.5 Å². The van der Waals surface area contributed by atoms with Crippen LogP contribution in [0.3, 0.4) is 0 Å². The van der Waals surface area contributed by atoms with Gasteiger partial charge in [0.1, 0.15) is 11.5 Å². The second-order valence-corrected chi connectivity index (χ2v) is 8.16. The van der Waals surface area contributed by atoms with Gasteiger partial charge in [0.25, 0.3) is 5.91 Å². The molecular formula is C28H23FN4O. The Bertz CT molecular complexity index is 1470. The van der Waals surface area contributed by atoms with Crippen LogP contribution in [0, 0.1) is 5.82 Å². The summed E-state index contributed by atoms with van der Waals surface area (Å²) in [5, 5.41) is 5.13. The van der Waals surface area contributed by atoms with Crippen molar-refractivity contribution in [2.75, 3.05) is 6.54 Å². The van der Waals surface area contributed by atoms with Crippen LogP contribution >= 0.6 is 0 Å². The Morgan fingerprint density at radius 2 is 1.71 bits per heavy atom. The minimum Gasteiger partial charge on any atom is -0.352 e. The fourth-order valence-electron chi connectivity index (χ4n) is 4.01. The second-order valence-electron chi connectivity index (χ2n) is 8.16. The summed E-state index contributed by atoms with van der Waals surface area (Å²) in [6, 6.07) is 23.9. The summed E-state index contributed by atoms with van der Waals surface area (Å²) in [5.74, 6) is 0.344. The quantitative estimate of drug-likeness (QED) is 0.376. The van der Waals surface area contributed by atoms with Crippen LogP contribution < -0.4 is 5.32 Å².